The van der Waals surface area contributed by atoms with Gasteiger partial charge in [0.15, 0.2) is 0 Å². The molecule has 1 unspecified atom stereocenters. The molecular formula is C16H24N2OS. The van der Waals surface area contributed by atoms with Gasteiger partial charge < -0.3 is 10.1 Å². The molecule has 110 valence electrons. The third-order valence-corrected chi connectivity index (χ3v) is 6.06. The molecular weight excluding hydrogens is 268 g/mol. The molecule has 2 saturated carbocycles. The fourth-order valence-corrected chi connectivity index (χ4v) is 4.25. The minimum atomic E-state index is -0.121. The summed E-state index contributed by atoms with van der Waals surface area (Å²) in [5.41, 5.74) is 1.26. The minimum Gasteiger partial charge on any atom is -0.368 e. The summed E-state index contributed by atoms with van der Waals surface area (Å²) in [4.78, 5) is 6.50. The Bertz CT molecular complexity index is 485. The van der Waals surface area contributed by atoms with Crippen LogP contribution in [-0.4, -0.2) is 17.6 Å². The van der Waals surface area contributed by atoms with Gasteiger partial charge >= 0.3 is 0 Å². The van der Waals surface area contributed by atoms with E-state index in [2.05, 4.69) is 12.2 Å². The Balaban J connectivity index is 1.57. The Morgan fingerprint density at radius 2 is 2.15 bits per heavy atom. The minimum absolute atomic E-state index is 0.121. The van der Waals surface area contributed by atoms with Gasteiger partial charge in [0, 0.05) is 30.0 Å². The van der Waals surface area contributed by atoms with Crippen molar-refractivity contribution in [2.75, 3.05) is 6.61 Å². The van der Waals surface area contributed by atoms with E-state index in [0.717, 1.165) is 31.5 Å². The molecule has 1 aromatic heterocycles. The van der Waals surface area contributed by atoms with Crippen LogP contribution in [-0.2, 0) is 16.9 Å². The van der Waals surface area contributed by atoms with Gasteiger partial charge in [-0.3, -0.25) is 0 Å². The van der Waals surface area contributed by atoms with E-state index < -0.39 is 0 Å². The van der Waals surface area contributed by atoms with E-state index in [1.54, 1.807) is 0 Å². The number of ether oxygens (including phenoxy) is 1. The average molecular weight is 292 g/mol. The lowest BCUT2D eigenvalue weighted by atomic mass is 9.97. The second kappa shape index (κ2) is 5.08. The molecule has 2 heterocycles. The molecule has 1 N–H and O–H groups in total. The second-order valence-electron chi connectivity index (χ2n) is 6.79. The van der Waals surface area contributed by atoms with Crippen molar-refractivity contribution in [3.05, 3.63) is 15.6 Å². The molecule has 1 aromatic rings. The molecule has 0 bridgehead atoms. The van der Waals surface area contributed by atoms with Crippen molar-refractivity contribution in [1.82, 2.24) is 10.3 Å². The number of aromatic nitrogens is 1. The van der Waals surface area contributed by atoms with Crippen molar-refractivity contribution in [2.45, 2.75) is 76.0 Å². The Hall–Kier alpha value is -0.450. The van der Waals surface area contributed by atoms with E-state index in [9.17, 15) is 0 Å². The van der Waals surface area contributed by atoms with Crippen LogP contribution < -0.4 is 5.32 Å². The summed E-state index contributed by atoms with van der Waals surface area (Å²) in [5.74, 6) is 0.739. The standard InChI is InChI=1S/C16H24N2OS/c1-16(8-2-3-9-19-16)15-18-14(11-4-5-11)13(20-15)10-17-12-6-7-12/h11-12,17H,2-10H2,1H3. The van der Waals surface area contributed by atoms with Crippen LogP contribution in [0, 0.1) is 0 Å². The maximum atomic E-state index is 6.09. The van der Waals surface area contributed by atoms with Gasteiger partial charge in [0.25, 0.3) is 0 Å². The largest absolute Gasteiger partial charge is 0.368 e. The number of nitrogens with one attached hydrogen (secondary N) is 1. The van der Waals surface area contributed by atoms with Gasteiger partial charge in [0.1, 0.15) is 10.6 Å². The van der Waals surface area contributed by atoms with Gasteiger partial charge in [-0.1, -0.05) is 0 Å². The fourth-order valence-electron chi connectivity index (χ4n) is 3.02. The Morgan fingerprint density at radius 3 is 2.80 bits per heavy atom. The van der Waals surface area contributed by atoms with Crippen LogP contribution in [0.5, 0.6) is 0 Å². The molecule has 1 saturated heterocycles. The first kappa shape index (κ1) is 13.2. The van der Waals surface area contributed by atoms with Crippen molar-refractivity contribution in [3.63, 3.8) is 0 Å². The molecule has 4 rings (SSSR count). The highest BCUT2D eigenvalue weighted by Crippen LogP contribution is 2.46. The number of hydrogen-bond acceptors (Lipinski definition) is 4. The second-order valence-corrected chi connectivity index (χ2v) is 7.88. The van der Waals surface area contributed by atoms with Crippen LogP contribution >= 0.6 is 11.3 Å². The maximum Gasteiger partial charge on any atom is 0.125 e. The first-order valence-electron chi connectivity index (χ1n) is 8.12. The smallest absolute Gasteiger partial charge is 0.125 e. The van der Waals surface area contributed by atoms with Crippen molar-refractivity contribution in [2.24, 2.45) is 0 Å². The molecule has 1 atom stereocenters. The first-order chi connectivity index (χ1) is 9.74. The molecule has 0 radical (unpaired) electrons. The molecule has 20 heavy (non-hydrogen) atoms. The van der Waals surface area contributed by atoms with Gasteiger partial charge in [-0.25, -0.2) is 4.98 Å². The monoisotopic (exact) mass is 292 g/mol. The topological polar surface area (TPSA) is 34.2 Å². The molecule has 0 amide bonds. The van der Waals surface area contributed by atoms with Crippen LogP contribution in [0.1, 0.15) is 73.4 Å². The summed E-state index contributed by atoms with van der Waals surface area (Å²) >= 11 is 1.90. The van der Waals surface area contributed by atoms with E-state index in [1.165, 1.54) is 54.1 Å². The zero-order chi connectivity index (χ0) is 13.6. The maximum absolute atomic E-state index is 6.09. The van der Waals surface area contributed by atoms with Crippen molar-refractivity contribution < 1.29 is 4.74 Å². The highest BCUT2D eigenvalue weighted by Gasteiger charge is 2.37. The fraction of sp³-hybridized carbons (Fsp3) is 0.812. The summed E-state index contributed by atoms with van der Waals surface area (Å²) in [6.07, 6.45) is 8.96. The van der Waals surface area contributed by atoms with Crippen LogP contribution in [0.3, 0.4) is 0 Å². The zero-order valence-electron chi connectivity index (χ0n) is 12.3. The van der Waals surface area contributed by atoms with Crippen LogP contribution in [0.2, 0.25) is 0 Å². The normalized spacial score (nSPS) is 30.6. The van der Waals surface area contributed by atoms with Crippen molar-refractivity contribution in [3.8, 4) is 0 Å². The number of hydrogen-bond donors (Lipinski definition) is 1. The predicted molar refractivity (Wildman–Crippen MR) is 81.1 cm³/mol. The van der Waals surface area contributed by atoms with Gasteiger partial charge in [-0.2, -0.15) is 0 Å². The molecule has 3 fully saturated rings. The summed E-state index contributed by atoms with van der Waals surface area (Å²) in [6, 6.07) is 0.772. The first-order valence-corrected chi connectivity index (χ1v) is 8.94. The third kappa shape index (κ3) is 2.66. The summed E-state index contributed by atoms with van der Waals surface area (Å²) in [5, 5.41) is 4.88. The van der Waals surface area contributed by atoms with E-state index in [0.29, 0.717) is 0 Å². The lowest BCUT2D eigenvalue weighted by Gasteiger charge is -2.31. The number of thiazole rings is 1. The Labute approximate surface area is 125 Å². The summed E-state index contributed by atoms with van der Waals surface area (Å²) in [7, 11) is 0. The SMILES string of the molecule is CC1(c2nc(C3CC3)c(CNC3CC3)s2)CCCCO1. The average Bonchev–Trinajstić information content (AvgIpc) is 3.37. The molecule has 2 aliphatic carbocycles. The van der Waals surface area contributed by atoms with Gasteiger partial charge in [0.2, 0.25) is 0 Å². The molecule has 3 nitrogen and oxygen atoms in total. The highest BCUT2D eigenvalue weighted by molar-refractivity contribution is 7.11. The lowest BCUT2D eigenvalue weighted by Crippen LogP contribution is -2.30. The van der Waals surface area contributed by atoms with Crippen LogP contribution in [0.25, 0.3) is 0 Å². The Kier molecular flexibility index (Phi) is 3.36. The molecule has 0 spiro atoms. The molecule has 3 aliphatic rings. The Morgan fingerprint density at radius 1 is 1.30 bits per heavy atom. The number of nitrogens with zero attached hydrogens (tertiary/aromatic N) is 1. The quantitative estimate of drug-likeness (QED) is 0.898. The van der Waals surface area contributed by atoms with Crippen LogP contribution in [0.4, 0.5) is 0 Å². The summed E-state index contributed by atoms with van der Waals surface area (Å²) in [6.45, 7) is 4.15. The third-order valence-electron chi connectivity index (χ3n) is 4.74. The number of rotatable bonds is 5. The van der Waals surface area contributed by atoms with Crippen molar-refractivity contribution >= 4 is 11.3 Å². The van der Waals surface area contributed by atoms with E-state index in [-0.39, 0.29) is 5.60 Å². The highest BCUT2D eigenvalue weighted by atomic mass is 32.1. The van der Waals surface area contributed by atoms with E-state index in [4.69, 9.17) is 9.72 Å². The molecule has 4 heteroatoms. The van der Waals surface area contributed by atoms with E-state index in [1.807, 2.05) is 11.3 Å². The van der Waals surface area contributed by atoms with Gasteiger partial charge in [0.05, 0.1) is 5.69 Å². The lowest BCUT2D eigenvalue weighted by molar-refractivity contribution is -0.0702. The summed E-state index contributed by atoms with van der Waals surface area (Å²) < 4.78 is 6.09. The predicted octanol–water partition coefficient (Wildman–Crippen LogP) is 3.69. The van der Waals surface area contributed by atoms with Gasteiger partial charge in [-0.15, -0.1) is 11.3 Å². The molecule has 1 aliphatic heterocycles. The zero-order valence-corrected chi connectivity index (χ0v) is 13.1. The van der Waals surface area contributed by atoms with Crippen LogP contribution in [0.15, 0.2) is 0 Å². The van der Waals surface area contributed by atoms with Crippen molar-refractivity contribution in [1.29, 1.82) is 0 Å². The van der Waals surface area contributed by atoms with E-state index >= 15 is 0 Å². The molecule has 0 aromatic carbocycles. The van der Waals surface area contributed by atoms with Gasteiger partial charge in [-0.05, 0) is 51.9 Å².